The van der Waals surface area contributed by atoms with Gasteiger partial charge in [-0.05, 0) is 56.4 Å². The zero-order chi connectivity index (χ0) is 20.6. The van der Waals surface area contributed by atoms with Crippen molar-refractivity contribution in [1.82, 2.24) is 15.6 Å². The minimum atomic E-state index is -0.807. The van der Waals surface area contributed by atoms with Crippen molar-refractivity contribution in [3.05, 3.63) is 23.8 Å². The summed E-state index contributed by atoms with van der Waals surface area (Å²) in [5.74, 6) is -0.597. The number of likely N-dealkylation sites (tertiary alicyclic amines) is 1. The van der Waals surface area contributed by atoms with Gasteiger partial charge in [0.25, 0.3) is 5.91 Å². The number of rotatable bonds is 8. The maximum absolute atomic E-state index is 12.2. The van der Waals surface area contributed by atoms with Crippen molar-refractivity contribution in [1.29, 1.82) is 0 Å². The Bertz CT molecular complexity index is 785. The molecule has 3 rings (SSSR count). The summed E-state index contributed by atoms with van der Waals surface area (Å²) in [5, 5.41) is 6.39. The van der Waals surface area contributed by atoms with Crippen LogP contribution in [-0.2, 0) is 14.4 Å². The lowest BCUT2D eigenvalue weighted by molar-refractivity contribution is -0.139. The lowest BCUT2D eigenvalue weighted by atomic mass is 10.2. The standard InChI is InChI=1S/C20H26N4O5/c1-2-28-17-11-14(12-21-23-20(27)19(26)22-15-6-7-15)5-8-16(17)29-13-18(25)24-9-3-4-10-24/h5,8,11-12,15H,2-4,6-7,9-10,13H2,1H3,(H,22,26)(H,23,27)/b21-12-. The van der Waals surface area contributed by atoms with Crippen molar-refractivity contribution in [2.45, 2.75) is 38.6 Å². The van der Waals surface area contributed by atoms with Crippen LogP contribution in [0.25, 0.3) is 0 Å². The van der Waals surface area contributed by atoms with Crippen LogP contribution in [0.5, 0.6) is 11.5 Å². The Morgan fingerprint density at radius 2 is 1.90 bits per heavy atom. The van der Waals surface area contributed by atoms with Crippen LogP contribution in [0.15, 0.2) is 23.3 Å². The monoisotopic (exact) mass is 402 g/mol. The molecule has 0 unspecified atom stereocenters. The number of benzene rings is 1. The van der Waals surface area contributed by atoms with Crippen LogP contribution in [0.3, 0.4) is 0 Å². The predicted molar refractivity (Wildman–Crippen MR) is 106 cm³/mol. The summed E-state index contributed by atoms with van der Waals surface area (Å²) >= 11 is 0. The van der Waals surface area contributed by atoms with E-state index in [2.05, 4.69) is 15.8 Å². The molecule has 156 valence electrons. The molecule has 0 aromatic heterocycles. The van der Waals surface area contributed by atoms with Gasteiger partial charge in [0, 0.05) is 19.1 Å². The number of hydrazone groups is 1. The van der Waals surface area contributed by atoms with E-state index >= 15 is 0 Å². The van der Waals surface area contributed by atoms with Crippen LogP contribution >= 0.6 is 0 Å². The molecule has 2 fully saturated rings. The van der Waals surface area contributed by atoms with Gasteiger partial charge in [0.1, 0.15) is 0 Å². The molecule has 29 heavy (non-hydrogen) atoms. The maximum Gasteiger partial charge on any atom is 0.329 e. The van der Waals surface area contributed by atoms with Crippen LogP contribution in [0.4, 0.5) is 0 Å². The van der Waals surface area contributed by atoms with Crippen LogP contribution < -0.4 is 20.2 Å². The largest absolute Gasteiger partial charge is 0.490 e. The molecule has 9 heteroatoms. The van der Waals surface area contributed by atoms with Gasteiger partial charge in [-0.3, -0.25) is 14.4 Å². The zero-order valence-electron chi connectivity index (χ0n) is 16.5. The molecule has 2 N–H and O–H groups in total. The Balaban J connectivity index is 1.55. The van der Waals surface area contributed by atoms with E-state index < -0.39 is 11.8 Å². The highest BCUT2D eigenvalue weighted by Gasteiger charge is 2.26. The van der Waals surface area contributed by atoms with E-state index in [-0.39, 0.29) is 18.6 Å². The third-order valence-corrected chi connectivity index (χ3v) is 4.58. The van der Waals surface area contributed by atoms with E-state index in [1.165, 1.54) is 6.21 Å². The average Bonchev–Trinajstić information content (AvgIpc) is 3.35. The van der Waals surface area contributed by atoms with Crippen molar-refractivity contribution in [3.8, 4) is 11.5 Å². The second kappa shape index (κ2) is 9.90. The second-order valence-corrected chi connectivity index (χ2v) is 6.96. The van der Waals surface area contributed by atoms with Gasteiger partial charge in [0.15, 0.2) is 18.1 Å². The Labute approximate surface area is 169 Å². The fraction of sp³-hybridized carbons (Fsp3) is 0.500. The molecule has 0 radical (unpaired) electrons. The minimum absolute atomic E-state index is 0.0391. The number of nitrogens with zero attached hydrogens (tertiary/aromatic N) is 2. The Morgan fingerprint density at radius 3 is 2.59 bits per heavy atom. The first kappa shape index (κ1) is 20.6. The molecule has 0 bridgehead atoms. The number of amides is 3. The molecule has 3 amide bonds. The summed E-state index contributed by atoms with van der Waals surface area (Å²) in [5.41, 5.74) is 2.85. The van der Waals surface area contributed by atoms with Gasteiger partial charge < -0.3 is 19.7 Å². The number of hydrogen-bond acceptors (Lipinski definition) is 6. The number of carbonyl (C=O) groups excluding carboxylic acids is 3. The smallest absolute Gasteiger partial charge is 0.329 e. The maximum atomic E-state index is 12.2. The topological polar surface area (TPSA) is 109 Å². The van der Waals surface area contributed by atoms with Crippen LogP contribution in [0.1, 0.15) is 38.2 Å². The molecule has 2 aliphatic rings. The molecular formula is C20H26N4O5. The third kappa shape index (κ3) is 6.20. The quantitative estimate of drug-likeness (QED) is 0.380. The SMILES string of the molecule is CCOc1cc(/C=N\NC(=O)C(=O)NC2CC2)ccc1OCC(=O)N1CCCC1. The van der Waals surface area contributed by atoms with Gasteiger partial charge in [-0.25, -0.2) is 5.43 Å². The summed E-state index contributed by atoms with van der Waals surface area (Å²) in [7, 11) is 0. The van der Waals surface area contributed by atoms with Crippen LogP contribution in [0, 0.1) is 0 Å². The Kier molecular flexibility index (Phi) is 7.04. The van der Waals surface area contributed by atoms with E-state index in [1.54, 1.807) is 23.1 Å². The van der Waals surface area contributed by atoms with Crippen LogP contribution in [-0.4, -0.2) is 61.2 Å². The Hall–Kier alpha value is -3.10. The fourth-order valence-electron chi connectivity index (χ4n) is 2.88. The first-order chi connectivity index (χ1) is 14.1. The summed E-state index contributed by atoms with van der Waals surface area (Å²) in [6, 6.07) is 5.21. The number of carbonyl (C=O) groups is 3. The summed E-state index contributed by atoms with van der Waals surface area (Å²) < 4.78 is 11.2. The molecule has 1 saturated heterocycles. The fourth-order valence-corrected chi connectivity index (χ4v) is 2.88. The molecule has 1 aliphatic carbocycles. The van der Waals surface area contributed by atoms with Crippen molar-refractivity contribution in [2.24, 2.45) is 5.10 Å². The highest BCUT2D eigenvalue weighted by atomic mass is 16.5. The Morgan fingerprint density at radius 1 is 1.14 bits per heavy atom. The summed E-state index contributed by atoms with van der Waals surface area (Å²) in [6.07, 6.45) is 5.27. The molecule has 1 saturated carbocycles. The van der Waals surface area contributed by atoms with Crippen molar-refractivity contribution in [3.63, 3.8) is 0 Å². The first-order valence-electron chi connectivity index (χ1n) is 9.88. The normalized spacial score (nSPS) is 16.0. The number of nitrogens with one attached hydrogen (secondary N) is 2. The van der Waals surface area contributed by atoms with Gasteiger partial charge in [-0.1, -0.05) is 0 Å². The summed E-state index contributed by atoms with van der Waals surface area (Å²) in [6.45, 7) is 3.79. The number of ether oxygens (including phenoxy) is 2. The molecule has 1 aliphatic heterocycles. The van der Waals surface area contributed by atoms with Crippen molar-refractivity contribution < 1.29 is 23.9 Å². The zero-order valence-corrected chi connectivity index (χ0v) is 16.5. The van der Waals surface area contributed by atoms with Gasteiger partial charge in [0.05, 0.1) is 12.8 Å². The van der Waals surface area contributed by atoms with E-state index in [0.717, 1.165) is 38.8 Å². The van der Waals surface area contributed by atoms with E-state index in [4.69, 9.17) is 9.47 Å². The third-order valence-electron chi connectivity index (χ3n) is 4.58. The predicted octanol–water partition coefficient (Wildman–Crippen LogP) is 0.815. The molecule has 1 aromatic rings. The van der Waals surface area contributed by atoms with Gasteiger partial charge in [-0.2, -0.15) is 5.10 Å². The highest BCUT2D eigenvalue weighted by molar-refractivity contribution is 6.35. The lowest BCUT2D eigenvalue weighted by Gasteiger charge is -2.17. The number of hydrogen-bond donors (Lipinski definition) is 2. The van der Waals surface area contributed by atoms with Gasteiger partial charge in [-0.15, -0.1) is 0 Å². The summed E-state index contributed by atoms with van der Waals surface area (Å²) in [4.78, 5) is 37.2. The molecule has 0 spiro atoms. The average molecular weight is 402 g/mol. The molecule has 1 aromatic carbocycles. The second-order valence-electron chi connectivity index (χ2n) is 6.96. The minimum Gasteiger partial charge on any atom is -0.490 e. The van der Waals surface area contributed by atoms with Gasteiger partial charge in [0.2, 0.25) is 0 Å². The van der Waals surface area contributed by atoms with Crippen molar-refractivity contribution in [2.75, 3.05) is 26.3 Å². The van der Waals surface area contributed by atoms with E-state index in [9.17, 15) is 14.4 Å². The van der Waals surface area contributed by atoms with Crippen molar-refractivity contribution >= 4 is 23.9 Å². The highest BCUT2D eigenvalue weighted by Crippen LogP contribution is 2.28. The molecule has 1 heterocycles. The molecular weight excluding hydrogens is 376 g/mol. The van der Waals surface area contributed by atoms with E-state index in [1.807, 2.05) is 6.92 Å². The molecule has 9 nitrogen and oxygen atoms in total. The molecule has 0 atom stereocenters. The lowest BCUT2D eigenvalue weighted by Crippen LogP contribution is -2.38. The first-order valence-corrected chi connectivity index (χ1v) is 9.88. The van der Waals surface area contributed by atoms with Gasteiger partial charge >= 0.3 is 11.8 Å². The van der Waals surface area contributed by atoms with E-state index in [0.29, 0.717) is 23.7 Å². The van der Waals surface area contributed by atoms with Crippen LogP contribution in [0.2, 0.25) is 0 Å².